The van der Waals surface area contributed by atoms with Crippen molar-refractivity contribution in [1.29, 1.82) is 0 Å². The topological polar surface area (TPSA) is 51.2 Å². The van der Waals surface area contributed by atoms with Crippen molar-refractivity contribution in [2.45, 2.75) is 19.4 Å². The number of nitrogens with one attached hydrogen (secondary N) is 1. The number of halogens is 1. The van der Waals surface area contributed by atoms with E-state index in [-0.39, 0.29) is 11.7 Å². The van der Waals surface area contributed by atoms with Crippen LogP contribution in [0.15, 0.2) is 35.8 Å². The van der Waals surface area contributed by atoms with Crippen LogP contribution in [0.2, 0.25) is 0 Å². The van der Waals surface area contributed by atoms with Gasteiger partial charge >= 0.3 is 0 Å². The molecule has 0 bridgehead atoms. The van der Waals surface area contributed by atoms with Gasteiger partial charge in [-0.3, -0.25) is 10.1 Å². The molecule has 100 valence electrons. The average Bonchev–Trinajstić information content (AvgIpc) is 2.90. The summed E-state index contributed by atoms with van der Waals surface area (Å²) >= 11 is 1.34. The highest BCUT2D eigenvalue weighted by Crippen LogP contribution is 2.16. The third-order valence-electron chi connectivity index (χ3n) is 2.42. The highest BCUT2D eigenvalue weighted by molar-refractivity contribution is 7.13. The first kappa shape index (κ1) is 13.5. The Morgan fingerprint density at radius 1 is 1.47 bits per heavy atom. The second kappa shape index (κ2) is 6.29. The van der Waals surface area contributed by atoms with Crippen LogP contribution in [0.5, 0.6) is 5.75 Å². The fraction of sp³-hybridized carbons (Fsp3) is 0.231. The quantitative estimate of drug-likeness (QED) is 0.915. The maximum absolute atomic E-state index is 12.8. The van der Waals surface area contributed by atoms with E-state index in [1.165, 1.54) is 35.6 Å². The van der Waals surface area contributed by atoms with Crippen LogP contribution in [0.1, 0.15) is 13.3 Å². The number of nitrogens with zero attached hydrogens (tertiary/aromatic N) is 1. The van der Waals surface area contributed by atoms with Crippen LogP contribution in [0, 0.1) is 5.82 Å². The van der Waals surface area contributed by atoms with E-state index in [0.717, 1.165) is 0 Å². The summed E-state index contributed by atoms with van der Waals surface area (Å²) in [6.45, 7) is 1.84. The number of thiazole rings is 1. The molecule has 2 rings (SSSR count). The molecule has 4 nitrogen and oxygen atoms in total. The molecule has 0 aliphatic rings. The second-order valence-corrected chi connectivity index (χ2v) is 4.69. The monoisotopic (exact) mass is 280 g/mol. The SMILES string of the molecule is CC[C@@H](Oc1ccc(F)cc1)C(=O)Nc1nccs1. The Balaban J connectivity index is 1.99. The van der Waals surface area contributed by atoms with Crippen LogP contribution in [0.4, 0.5) is 9.52 Å². The number of anilines is 1. The third kappa shape index (κ3) is 3.75. The normalized spacial score (nSPS) is 11.9. The van der Waals surface area contributed by atoms with E-state index >= 15 is 0 Å². The number of aromatic nitrogens is 1. The largest absolute Gasteiger partial charge is 0.481 e. The molecule has 6 heteroatoms. The zero-order chi connectivity index (χ0) is 13.7. The highest BCUT2D eigenvalue weighted by Gasteiger charge is 2.19. The van der Waals surface area contributed by atoms with E-state index in [2.05, 4.69) is 10.3 Å². The van der Waals surface area contributed by atoms with Gasteiger partial charge in [0, 0.05) is 11.6 Å². The number of ether oxygens (including phenoxy) is 1. The first-order chi connectivity index (χ1) is 9.19. The summed E-state index contributed by atoms with van der Waals surface area (Å²) < 4.78 is 18.3. The molecule has 19 heavy (non-hydrogen) atoms. The number of carbonyl (C=O) groups is 1. The van der Waals surface area contributed by atoms with Crippen molar-refractivity contribution in [3.63, 3.8) is 0 Å². The van der Waals surface area contributed by atoms with Gasteiger partial charge in [-0.1, -0.05) is 6.92 Å². The molecule has 1 heterocycles. The Bertz CT molecular complexity index is 528. The Morgan fingerprint density at radius 2 is 2.21 bits per heavy atom. The molecule has 1 aromatic carbocycles. The predicted octanol–water partition coefficient (Wildman–Crippen LogP) is 3.08. The third-order valence-corrected chi connectivity index (χ3v) is 3.11. The molecule has 0 aliphatic carbocycles. The zero-order valence-corrected chi connectivity index (χ0v) is 11.1. The summed E-state index contributed by atoms with van der Waals surface area (Å²) in [6.07, 6.45) is 1.49. The van der Waals surface area contributed by atoms with Gasteiger partial charge in [-0.2, -0.15) is 0 Å². The lowest BCUT2D eigenvalue weighted by atomic mass is 10.2. The number of hydrogen-bond acceptors (Lipinski definition) is 4. The lowest BCUT2D eigenvalue weighted by molar-refractivity contribution is -0.122. The van der Waals surface area contributed by atoms with Crippen LogP contribution in [0.25, 0.3) is 0 Å². The second-order valence-electron chi connectivity index (χ2n) is 3.80. The van der Waals surface area contributed by atoms with Crippen LogP contribution in [-0.2, 0) is 4.79 Å². The summed E-state index contributed by atoms with van der Waals surface area (Å²) in [7, 11) is 0. The van der Waals surface area contributed by atoms with Gasteiger partial charge in [0.15, 0.2) is 11.2 Å². The van der Waals surface area contributed by atoms with Gasteiger partial charge in [-0.15, -0.1) is 11.3 Å². The van der Waals surface area contributed by atoms with Crippen molar-refractivity contribution in [3.8, 4) is 5.75 Å². The van der Waals surface area contributed by atoms with Crippen LogP contribution >= 0.6 is 11.3 Å². The lowest BCUT2D eigenvalue weighted by Gasteiger charge is -2.16. The summed E-state index contributed by atoms with van der Waals surface area (Å²) in [5.74, 6) is -0.142. The lowest BCUT2D eigenvalue weighted by Crippen LogP contribution is -2.32. The van der Waals surface area contributed by atoms with E-state index < -0.39 is 6.10 Å². The first-order valence-electron chi connectivity index (χ1n) is 5.81. The Kier molecular flexibility index (Phi) is 4.46. The molecule has 0 spiro atoms. The number of amides is 1. The van der Waals surface area contributed by atoms with Crippen molar-refractivity contribution >= 4 is 22.4 Å². The van der Waals surface area contributed by atoms with Gasteiger partial charge in [-0.25, -0.2) is 9.37 Å². The molecule has 0 fully saturated rings. The predicted molar refractivity (Wildman–Crippen MR) is 71.9 cm³/mol. The standard InChI is InChI=1S/C13H13FN2O2S/c1-2-11(12(17)16-13-15-7-8-19-13)18-10-5-3-9(14)4-6-10/h3-8,11H,2H2,1H3,(H,15,16,17)/t11-/m1/s1. The van der Waals surface area contributed by atoms with Gasteiger partial charge in [-0.05, 0) is 30.7 Å². The molecule has 1 N–H and O–H groups in total. The molecule has 2 aromatic rings. The Morgan fingerprint density at radius 3 is 2.79 bits per heavy atom. The Hall–Kier alpha value is -1.95. The van der Waals surface area contributed by atoms with E-state index in [1.54, 1.807) is 11.6 Å². The number of benzene rings is 1. The van der Waals surface area contributed by atoms with Gasteiger partial charge < -0.3 is 4.74 Å². The number of hydrogen-bond donors (Lipinski definition) is 1. The molecular weight excluding hydrogens is 267 g/mol. The Labute approximate surface area is 114 Å². The van der Waals surface area contributed by atoms with Crippen molar-refractivity contribution in [2.75, 3.05) is 5.32 Å². The summed E-state index contributed by atoms with van der Waals surface area (Å²) in [5, 5.41) is 4.98. The smallest absolute Gasteiger partial charge is 0.267 e. The molecule has 1 amide bonds. The molecule has 0 aliphatic heterocycles. The molecule has 1 atom stereocenters. The molecule has 1 aromatic heterocycles. The minimum absolute atomic E-state index is 0.262. The summed E-state index contributed by atoms with van der Waals surface area (Å²) in [4.78, 5) is 15.9. The van der Waals surface area contributed by atoms with Crippen molar-refractivity contribution in [3.05, 3.63) is 41.7 Å². The summed E-state index contributed by atoms with van der Waals surface area (Å²) in [5.41, 5.74) is 0. The van der Waals surface area contributed by atoms with E-state index in [9.17, 15) is 9.18 Å². The fourth-order valence-electron chi connectivity index (χ4n) is 1.47. The van der Waals surface area contributed by atoms with Gasteiger partial charge in [0.05, 0.1) is 0 Å². The minimum atomic E-state index is -0.630. The first-order valence-corrected chi connectivity index (χ1v) is 6.69. The van der Waals surface area contributed by atoms with Crippen LogP contribution in [-0.4, -0.2) is 17.0 Å². The van der Waals surface area contributed by atoms with Gasteiger partial charge in [0.1, 0.15) is 11.6 Å². The average molecular weight is 280 g/mol. The minimum Gasteiger partial charge on any atom is -0.481 e. The summed E-state index contributed by atoms with van der Waals surface area (Å²) in [6, 6.07) is 5.57. The number of rotatable bonds is 5. The van der Waals surface area contributed by atoms with E-state index in [0.29, 0.717) is 17.3 Å². The maximum Gasteiger partial charge on any atom is 0.267 e. The number of carbonyl (C=O) groups excluding carboxylic acids is 1. The fourth-order valence-corrected chi connectivity index (χ4v) is 2.00. The van der Waals surface area contributed by atoms with Crippen molar-refractivity contribution in [2.24, 2.45) is 0 Å². The molecule has 0 saturated heterocycles. The molecule has 0 unspecified atom stereocenters. The highest BCUT2D eigenvalue weighted by atomic mass is 32.1. The molecule has 0 saturated carbocycles. The van der Waals surface area contributed by atoms with Crippen LogP contribution < -0.4 is 10.1 Å². The molecule has 0 radical (unpaired) electrons. The van der Waals surface area contributed by atoms with Crippen molar-refractivity contribution < 1.29 is 13.9 Å². The van der Waals surface area contributed by atoms with Gasteiger partial charge in [0.2, 0.25) is 0 Å². The van der Waals surface area contributed by atoms with Crippen LogP contribution in [0.3, 0.4) is 0 Å². The van der Waals surface area contributed by atoms with E-state index in [4.69, 9.17) is 4.74 Å². The maximum atomic E-state index is 12.8. The van der Waals surface area contributed by atoms with E-state index in [1.807, 2.05) is 6.92 Å². The van der Waals surface area contributed by atoms with Crippen molar-refractivity contribution in [1.82, 2.24) is 4.98 Å². The zero-order valence-electron chi connectivity index (χ0n) is 10.3. The van der Waals surface area contributed by atoms with Gasteiger partial charge in [0.25, 0.3) is 5.91 Å². The molecular formula is C13H13FN2O2S.